The van der Waals surface area contributed by atoms with Crippen LogP contribution in [0.2, 0.25) is 0 Å². The van der Waals surface area contributed by atoms with Crippen molar-refractivity contribution in [3.63, 3.8) is 0 Å². The maximum Gasteiger partial charge on any atom is 0.271 e. The summed E-state index contributed by atoms with van der Waals surface area (Å²) in [4.78, 5) is 28.3. The van der Waals surface area contributed by atoms with Crippen LogP contribution in [0, 0.1) is 5.82 Å². The number of benzene rings is 1. The van der Waals surface area contributed by atoms with Gasteiger partial charge in [0, 0.05) is 6.42 Å². The second-order valence-corrected chi connectivity index (χ2v) is 5.54. The first-order valence-corrected chi connectivity index (χ1v) is 7.21. The molecule has 0 aliphatic rings. The third-order valence-corrected chi connectivity index (χ3v) is 4.02. The zero-order valence-electron chi connectivity index (χ0n) is 11.0. The van der Waals surface area contributed by atoms with Crippen molar-refractivity contribution >= 4 is 27.3 Å². The number of hydrogen-bond acceptors (Lipinski definition) is 4. The molecule has 6 heteroatoms. The Labute approximate surface area is 123 Å². The number of fused-ring (bicyclic) bond motifs is 1. The van der Waals surface area contributed by atoms with Gasteiger partial charge in [-0.05, 0) is 23.1 Å². The number of aromatic nitrogens is 2. The van der Waals surface area contributed by atoms with Gasteiger partial charge >= 0.3 is 0 Å². The second kappa shape index (κ2) is 5.57. The zero-order valence-corrected chi connectivity index (χ0v) is 11.8. The monoisotopic (exact) mass is 302 g/mol. The summed E-state index contributed by atoms with van der Waals surface area (Å²) in [5.74, 6) is -0.648. The van der Waals surface area contributed by atoms with E-state index in [1.807, 2.05) is 0 Å². The van der Waals surface area contributed by atoms with E-state index in [2.05, 4.69) is 4.98 Å². The summed E-state index contributed by atoms with van der Waals surface area (Å²) in [5, 5.41) is 1.78. The molecule has 0 amide bonds. The summed E-state index contributed by atoms with van der Waals surface area (Å²) >= 11 is 1.29. The highest BCUT2D eigenvalue weighted by atomic mass is 32.1. The van der Waals surface area contributed by atoms with Gasteiger partial charge in [0.25, 0.3) is 5.56 Å². The molecule has 2 heterocycles. The fourth-order valence-electron chi connectivity index (χ4n) is 2.09. The van der Waals surface area contributed by atoms with Gasteiger partial charge in [0.15, 0.2) is 5.78 Å². The molecule has 0 saturated carbocycles. The maximum atomic E-state index is 13.5. The van der Waals surface area contributed by atoms with Crippen molar-refractivity contribution in [1.29, 1.82) is 0 Å². The molecular formula is C15H11FN2O2S. The number of carbonyl (C=O) groups excluding carboxylic acids is 1. The van der Waals surface area contributed by atoms with Gasteiger partial charge in [-0.2, -0.15) is 0 Å². The average molecular weight is 302 g/mol. The number of nitrogens with zero attached hydrogens (tertiary/aromatic N) is 2. The summed E-state index contributed by atoms with van der Waals surface area (Å²) in [6.45, 7) is -0.103. The number of Topliss-reactive ketones (excluding diaryl/α,β-unsaturated/α-hetero) is 1. The molecule has 0 saturated heterocycles. The van der Waals surface area contributed by atoms with Gasteiger partial charge in [0.1, 0.15) is 10.5 Å². The molecule has 21 heavy (non-hydrogen) atoms. The highest BCUT2D eigenvalue weighted by Crippen LogP contribution is 2.13. The normalized spacial score (nSPS) is 10.9. The van der Waals surface area contributed by atoms with Crippen LogP contribution in [0.3, 0.4) is 0 Å². The summed E-state index contributed by atoms with van der Waals surface area (Å²) in [7, 11) is 0. The second-order valence-electron chi connectivity index (χ2n) is 4.62. The fraction of sp³-hybridized carbons (Fsp3) is 0.133. The van der Waals surface area contributed by atoms with E-state index in [1.165, 1.54) is 28.3 Å². The van der Waals surface area contributed by atoms with Crippen LogP contribution >= 0.6 is 11.3 Å². The SMILES string of the molecule is O=C(Cc1ccccc1F)Cn1cnc2ccsc2c1=O. The van der Waals surface area contributed by atoms with E-state index in [0.29, 0.717) is 15.8 Å². The predicted molar refractivity (Wildman–Crippen MR) is 79.0 cm³/mol. The molecular weight excluding hydrogens is 291 g/mol. The Morgan fingerprint density at radius 3 is 2.90 bits per heavy atom. The van der Waals surface area contributed by atoms with E-state index in [1.54, 1.807) is 29.6 Å². The predicted octanol–water partition coefficient (Wildman–Crippen LogP) is 2.41. The van der Waals surface area contributed by atoms with Crippen molar-refractivity contribution in [3.8, 4) is 0 Å². The largest absolute Gasteiger partial charge is 0.297 e. The third kappa shape index (κ3) is 2.75. The van der Waals surface area contributed by atoms with Crippen LogP contribution in [0.25, 0.3) is 10.2 Å². The Balaban J connectivity index is 1.82. The molecule has 0 unspecified atom stereocenters. The zero-order chi connectivity index (χ0) is 14.8. The minimum Gasteiger partial charge on any atom is -0.297 e. The molecule has 4 nitrogen and oxygen atoms in total. The Morgan fingerprint density at radius 2 is 2.10 bits per heavy atom. The smallest absolute Gasteiger partial charge is 0.271 e. The molecule has 0 atom stereocenters. The van der Waals surface area contributed by atoms with Crippen LogP contribution < -0.4 is 5.56 Å². The van der Waals surface area contributed by atoms with Gasteiger partial charge in [-0.15, -0.1) is 11.3 Å². The molecule has 0 spiro atoms. The van der Waals surface area contributed by atoms with E-state index in [4.69, 9.17) is 0 Å². The van der Waals surface area contributed by atoms with Gasteiger partial charge in [-0.25, -0.2) is 9.37 Å². The van der Waals surface area contributed by atoms with Crippen molar-refractivity contribution in [2.75, 3.05) is 0 Å². The van der Waals surface area contributed by atoms with Gasteiger partial charge in [-0.3, -0.25) is 14.2 Å². The first kappa shape index (κ1) is 13.6. The number of thiophene rings is 1. The van der Waals surface area contributed by atoms with Crippen LogP contribution in [0.1, 0.15) is 5.56 Å². The Kier molecular flexibility index (Phi) is 3.62. The lowest BCUT2D eigenvalue weighted by atomic mass is 10.1. The molecule has 2 aromatic heterocycles. The number of halogens is 1. The molecule has 0 N–H and O–H groups in total. The molecule has 0 aliphatic carbocycles. The van der Waals surface area contributed by atoms with E-state index in [-0.39, 0.29) is 24.3 Å². The minimum absolute atomic E-state index is 0.0401. The van der Waals surface area contributed by atoms with Crippen molar-refractivity contribution < 1.29 is 9.18 Å². The first-order chi connectivity index (χ1) is 10.1. The molecule has 3 aromatic rings. The number of rotatable bonds is 4. The number of hydrogen-bond donors (Lipinski definition) is 0. The molecule has 0 aliphatic heterocycles. The first-order valence-electron chi connectivity index (χ1n) is 6.33. The standard InChI is InChI=1S/C15H11FN2O2S/c16-12-4-2-1-3-10(12)7-11(19)8-18-9-17-13-5-6-21-14(13)15(18)20/h1-6,9H,7-8H2. The number of ketones is 1. The van der Waals surface area contributed by atoms with Gasteiger partial charge in [-0.1, -0.05) is 18.2 Å². The molecule has 106 valence electrons. The molecule has 0 bridgehead atoms. The number of carbonyl (C=O) groups is 1. The lowest BCUT2D eigenvalue weighted by Gasteiger charge is -2.05. The van der Waals surface area contributed by atoms with E-state index in [9.17, 15) is 14.0 Å². The van der Waals surface area contributed by atoms with E-state index < -0.39 is 5.82 Å². The lowest BCUT2D eigenvalue weighted by molar-refractivity contribution is -0.119. The Hall–Kier alpha value is -2.34. The lowest BCUT2D eigenvalue weighted by Crippen LogP contribution is -2.25. The fourth-order valence-corrected chi connectivity index (χ4v) is 2.88. The van der Waals surface area contributed by atoms with Crippen LogP contribution in [-0.2, 0) is 17.8 Å². The maximum absolute atomic E-state index is 13.5. The summed E-state index contributed by atoms with van der Waals surface area (Å²) in [5.41, 5.74) is 0.723. The van der Waals surface area contributed by atoms with Crippen molar-refractivity contribution in [2.24, 2.45) is 0 Å². The highest BCUT2D eigenvalue weighted by Gasteiger charge is 2.11. The molecule has 1 aromatic carbocycles. The Bertz CT molecular complexity index is 869. The van der Waals surface area contributed by atoms with Crippen LogP contribution in [0.15, 0.2) is 46.8 Å². The van der Waals surface area contributed by atoms with Gasteiger partial charge in [0.2, 0.25) is 0 Å². The highest BCUT2D eigenvalue weighted by molar-refractivity contribution is 7.17. The summed E-state index contributed by atoms with van der Waals surface area (Å²) in [6.07, 6.45) is 1.32. The third-order valence-electron chi connectivity index (χ3n) is 3.13. The van der Waals surface area contributed by atoms with Crippen LogP contribution in [-0.4, -0.2) is 15.3 Å². The summed E-state index contributed by atoms with van der Waals surface area (Å²) in [6, 6.07) is 7.89. The summed E-state index contributed by atoms with van der Waals surface area (Å²) < 4.78 is 15.3. The molecule has 3 rings (SSSR count). The Morgan fingerprint density at radius 1 is 1.29 bits per heavy atom. The van der Waals surface area contributed by atoms with Gasteiger partial charge in [0.05, 0.1) is 18.4 Å². The minimum atomic E-state index is -0.412. The van der Waals surface area contributed by atoms with E-state index >= 15 is 0 Å². The quantitative estimate of drug-likeness (QED) is 0.743. The average Bonchev–Trinajstić information content (AvgIpc) is 2.94. The van der Waals surface area contributed by atoms with Crippen molar-refractivity contribution in [1.82, 2.24) is 9.55 Å². The topological polar surface area (TPSA) is 52.0 Å². The van der Waals surface area contributed by atoms with Crippen LogP contribution in [0.4, 0.5) is 4.39 Å². The van der Waals surface area contributed by atoms with Crippen molar-refractivity contribution in [2.45, 2.75) is 13.0 Å². The molecule has 0 fully saturated rings. The molecule has 0 radical (unpaired) electrons. The van der Waals surface area contributed by atoms with E-state index in [0.717, 1.165) is 0 Å². The van der Waals surface area contributed by atoms with Gasteiger partial charge < -0.3 is 0 Å². The van der Waals surface area contributed by atoms with Crippen molar-refractivity contribution in [3.05, 3.63) is 63.8 Å². The van der Waals surface area contributed by atoms with Crippen LogP contribution in [0.5, 0.6) is 0 Å².